The first-order chi connectivity index (χ1) is 8.65. The molecule has 90 valence electrons. The summed E-state index contributed by atoms with van der Waals surface area (Å²) in [5.74, 6) is 0.295. The number of halogens is 1. The highest BCUT2D eigenvalue weighted by atomic mass is 35.5. The minimum Gasteiger partial charge on any atom is -0.508 e. The molecule has 18 heavy (non-hydrogen) atoms. The molecule has 3 rings (SSSR count). The summed E-state index contributed by atoms with van der Waals surface area (Å²) in [6, 6.07) is 9.55. The second kappa shape index (κ2) is 3.92. The number of fused-ring (bicyclic) bond motifs is 1. The lowest BCUT2D eigenvalue weighted by molar-refractivity contribution is 0.473. The van der Waals surface area contributed by atoms with E-state index in [1.807, 2.05) is 0 Å². The summed E-state index contributed by atoms with van der Waals surface area (Å²) < 4.78 is 5.50. The van der Waals surface area contributed by atoms with Crippen LogP contribution in [0.4, 0.5) is 0 Å². The van der Waals surface area contributed by atoms with Gasteiger partial charge in [-0.15, -0.1) is 0 Å². The number of oxazole rings is 1. The van der Waals surface area contributed by atoms with Gasteiger partial charge in [0.25, 0.3) is 0 Å². The van der Waals surface area contributed by atoms with Crippen LogP contribution in [-0.2, 0) is 0 Å². The van der Waals surface area contributed by atoms with Crippen LogP contribution in [-0.4, -0.2) is 15.2 Å². The van der Waals surface area contributed by atoms with E-state index in [-0.39, 0.29) is 22.4 Å². The van der Waals surface area contributed by atoms with Crippen molar-refractivity contribution >= 4 is 22.7 Å². The van der Waals surface area contributed by atoms with Crippen molar-refractivity contribution < 1.29 is 14.6 Å². The Morgan fingerprint density at radius 3 is 2.78 bits per heavy atom. The van der Waals surface area contributed by atoms with Crippen molar-refractivity contribution in [3.63, 3.8) is 0 Å². The average molecular weight is 262 g/mol. The van der Waals surface area contributed by atoms with Crippen LogP contribution in [0.2, 0.25) is 5.02 Å². The number of hydrogen-bond acceptors (Lipinski definition) is 4. The molecule has 0 aliphatic rings. The van der Waals surface area contributed by atoms with Gasteiger partial charge >= 0.3 is 0 Å². The van der Waals surface area contributed by atoms with E-state index in [4.69, 9.17) is 16.0 Å². The normalized spacial score (nSPS) is 10.9. The Balaban J connectivity index is 2.22. The van der Waals surface area contributed by atoms with Crippen LogP contribution >= 0.6 is 11.6 Å². The summed E-state index contributed by atoms with van der Waals surface area (Å²) in [7, 11) is 0. The second-order valence-corrected chi connectivity index (χ2v) is 4.21. The Labute approximate surface area is 107 Å². The first-order valence-electron chi connectivity index (χ1n) is 5.22. The number of hydrogen-bond donors (Lipinski definition) is 2. The van der Waals surface area contributed by atoms with Crippen molar-refractivity contribution in [1.82, 2.24) is 4.98 Å². The zero-order valence-corrected chi connectivity index (χ0v) is 9.85. The minimum atomic E-state index is -0.0741. The Morgan fingerprint density at radius 1 is 1.11 bits per heavy atom. The van der Waals surface area contributed by atoms with Crippen LogP contribution in [0.15, 0.2) is 40.8 Å². The lowest BCUT2D eigenvalue weighted by Crippen LogP contribution is -1.79. The lowest BCUT2D eigenvalue weighted by Gasteiger charge is -2.00. The SMILES string of the molecule is Oc1ccc2oc(-c3cccc(Cl)c3O)nc2c1. The number of rotatable bonds is 1. The summed E-state index contributed by atoms with van der Waals surface area (Å²) >= 11 is 5.83. The third kappa shape index (κ3) is 1.67. The quantitative estimate of drug-likeness (QED) is 0.703. The number of phenolic OH excluding ortho intramolecular Hbond substituents is 2. The third-order valence-electron chi connectivity index (χ3n) is 2.59. The van der Waals surface area contributed by atoms with Crippen molar-refractivity contribution in [2.75, 3.05) is 0 Å². The van der Waals surface area contributed by atoms with Crippen LogP contribution in [0.1, 0.15) is 0 Å². The number of aromatic nitrogens is 1. The van der Waals surface area contributed by atoms with Crippen LogP contribution in [0.3, 0.4) is 0 Å². The van der Waals surface area contributed by atoms with E-state index >= 15 is 0 Å². The fourth-order valence-corrected chi connectivity index (χ4v) is 1.89. The largest absolute Gasteiger partial charge is 0.508 e. The Kier molecular flexibility index (Phi) is 2.38. The number of nitrogens with zero attached hydrogens (tertiary/aromatic N) is 1. The molecule has 0 aliphatic carbocycles. The topological polar surface area (TPSA) is 66.5 Å². The predicted molar refractivity (Wildman–Crippen MR) is 67.8 cm³/mol. The molecule has 0 radical (unpaired) electrons. The Bertz CT molecular complexity index is 736. The van der Waals surface area contributed by atoms with Crippen LogP contribution in [0.25, 0.3) is 22.6 Å². The van der Waals surface area contributed by atoms with Crippen molar-refractivity contribution in [3.05, 3.63) is 41.4 Å². The van der Waals surface area contributed by atoms with E-state index in [9.17, 15) is 10.2 Å². The van der Waals surface area contributed by atoms with E-state index in [1.165, 1.54) is 12.1 Å². The molecule has 0 atom stereocenters. The van der Waals surface area contributed by atoms with E-state index < -0.39 is 0 Å². The molecule has 0 aliphatic heterocycles. The standard InChI is InChI=1S/C13H8ClNO3/c14-9-3-1-2-8(12(9)17)13-15-10-6-7(16)4-5-11(10)18-13/h1-6,16-17H. The highest BCUT2D eigenvalue weighted by Gasteiger charge is 2.14. The zero-order valence-electron chi connectivity index (χ0n) is 9.09. The van der Waals surface area contributed by atoms with Crippen LogP contribution in [0.5, 0.6) is 11.5 Å². The van der Waals surface area contributed by atoms with E-state index in [0.29, 0.717) is 16.7 Å². The van der Waals surface area contributed by atoms with Gasteiger partial charge in [-0.25, -0.2) is 4.98 Å². The summed E-state index contributed by atoms with van der Waals surface area (Å²) in [6.07, 6.45) is 0. The number of para-hydroxylation sites is 1. The first-order valence-corrected chi connectivity index (χ1v) is 5.60. The van der Waals surface area contributed by atoms with E-state index in [0.717, 1.165) is 0 Å². The van der Waals surface area contributed by atoms with Gasteiger partial charge < -0.3 is 14.6 Å². The van der Waals surface area contributed by atoms with E-state index in [1.54, 1.807) is 24.3 Å². The monoisotopic (exact) mass is 261 g/mol. The minimum absolute atomic E-state index is 0.0741. The van der Waals surface area contributed by atoms with Gasteiger partial charge in [0.1, 0.15) is 17.0 Å². The molecule has 2 N–H and O–H groups in total. The first kappa shape index (κ1) is 10.9. The van der Waals surface area contributed by atoms with Gasteiger partial charge in [-0.05, 0) is 24.3 Å². The molecule has 3 aromatic rings. The van der Waals surface area contributed by atoms with Crippen molar-refractivity contribution in [1.29, 1.82) is 0 Å². The van der Waals surface area contributed by atoms with E-state index in [2.05, 4.69) is 4.98 Å². The van der Waals surface area contributed by atoms with Gasteiger partial charge in [-0.1, -0.05) is 17.7 Å². The molecule has 0 spiro atoms. The smallest absolute Gasteiger partial charge is 0.231 e. The van der Waals surface area contributed by atoms with Gasteiger partial charge in [0.05, 0.1) is 10.6 Å². The molecule has 1 heterocycles. The molecular weight excluding hydrogens is 254 g/mol. The lowest BCUT2D eigenvalue weighted by atomic mass is 10.2. The molecule has 5 heteroatoms. The van der Waals surface area contributed by atoms with Crippen molar-refractivity contribution in [2.45, 2.75) is 0 Å². The zero-order chi connectivity index (χ0) is 12.7. The maximum absolute atomic E-state index is 9.85. The van der Waals surface area contributed by atoms with Crippen molar-refractivity contribution in [3.8, 4) is 23.0 Å². The van der Waals surface area contributed by atoms with Gasteiger partial charge in [0.2, 0.25) is 5.89 Å². The summed E-state index contributed by atoms with van der Waals surface area (Å²) in [4.78, 5) is 4.20. The van der Waals surface area contributed by atoms with Gasteiger partial charge in [0.15, 0.2) is 5.58 Å². The molecule has 0 saturated carbocycles. The van der Waals surface area contributed by atoms with Crippen molar-refractivity contribution in [2.24, 2.45) is 0 Å². The molecule has 0 bridgehead atoms. The second-order valence-electron chi connectivity index (χ2n) is 3.81. The number of benzene rings is 2. The highest BCUT2D eigenvalue weighted by Crippen LogP contribution is 2.36. The van der Waals surface area contributed by atoms with Gasteiger partial charge in [-0.2, -0.15) is 0 Å². The molecule has 4 nitrogen and oxygen atoms in total. The number of aromatic hydroxyl groups is 2. The maximum atomic E-state index is 9.85. The van der Waals surface area contributed by atoms with Crippen LogP contribution < -0.4 is 0 Å². The molecule has 0 amide bonds. The Morgan fingerprint density at radius 2 is 1.94 bits per heavy atom. The molecule has 0 fully saturated rings. The highest BCUT2D eigenvalue weighted by molar-refractivity contribution is 6.32. The predicted octanol–water partition coefficient (Wildman–Crippen LogP) is 3.56. The fraction of sp³-hybridized carbons (Fsp3) is 0. The van der Waals surface area contributed by atoms with Gasteiger partial charge in [-0.3, -0.25) is 0 Å². The number of phenols is 2. The molecule has 2 aromatic carbocycles. The van der Waals surface area contributed by atoms with Gasteiger partial charge in [0, 0.05) is 6.07 Å². The Hall–Kier alpha value is -2.20. The molecule has 0 saturated heterocycles. The molecular formula is C13H8ClNO3. The average Bonchev–Trinajstić information content (AvgIpc) is 2.75. The van der Waals surface area contributed by atoms with Crippen LogP contribution in [0, 0.1) is 0 Å². The fourth-order valence-electron chi connectivity index (χ4n) is 1.72. The summed E-state index contributed by atoms with van der Waals surface area (Å²) in [6.45, 7) is 0. The molecule has 1 aromatic heterocycles. The maximum Gasteiger partial charge on any atom is 0.231 e. The molecule has 0 unspecified atom stereocenters. The summed E-state index contributed by atoms with van der Waals surface area (Å²) in [5, 5.41) is 19.4. The summed E-state index contributed by atoms with van der Waals surface area (Å²) in [5.41, 5.74) is 1.46. The third-order valence-corrected chi connectivity index (χ3v) is 2.89.